The Labute approximate surface area is 94.8 Å². The second-order valence-corrected chi connectivity index (χ2v) is 5.21. The summed E-state index contributed by atoms with van der Waals surface area (Å²) in [7, 11) is 0. The normalized spacial score (nSPS) is 26.7. The van der Waals surface area contributed by atoms with Crippen LogP contribution in [-0.2, 0) is 4.79 Å². The first-order valence-electron chi connectivity index (χ1n) is 4.46. The molecule has 0 amide bonds. The molecule has 1 rings (SSSR count). The van der Waals surface area contributed by atoms with Gasteiger partial charge in [-0.3, -0.25) is 0 Å². The Morgan fingerprint density at radius 3 is 2.00 bits per heavy atom. The molecular weight excluding hydrogens is 219 g/mol. The summed E-state index contributed by atoms with van der Waals surface area (Å²) in [6.45, 7) is 11.5. The lowest BCUT2D eigenvalue weighted by Crippen LogP contribution is -2.09. The maximum Gasteiger partial charge on any atom is 0.120 e. The zero-order valence-corrected chi connectivity index (χ0v) is 9.95. The first-order chi connectivity index (χ1) is 6.33. The third-order valence-electron chi connectivity index (χ3n) is 3.51. The van der Waals surface area contributed by atoms with E-state index in [0.717, 1.165) is 6.29 Å². The molecule has 0 aliphatic heterocycles. The summed E-state index contributed by atoms with van der Waals surface area (Å²) in [6.07, 6.45) is 1.35. The fourth-order valence-corrected chi connectivity index (χ4v) is 3.69. The van der Waals surface area contributed by atoms with Crippen molar-refractivity contribution < 1.29 is 4.79 Å². The van der Waals surface area contributed by atoms with Crippen LogP contribution in [-0.4, -0.2) is 6.29 Å². The Morgan fingerprint density at radius 2 is 1.79 bits per heavy atom. The zero-order valence-electron chi connectivity index (χ0n) is 8.44. The Morgan fingerprint density at radius 1 is 1.36 bits per heavy atom. The Bertz CT molecular complexity index is 290. The molecule has 1 atom stereocenters. The van der Waals surface area contributed by atoms with Gasteiger partial charge in [0.25, 0.3) is 0 Å². The van der Waals surface area contributed by atoms with Gasteiger partial charge in [0, 0.05) is 21.9 Å². The van der Waals surface area contributed by atoms with E-state index in [1.165, 1.54) is 0 Å². The van der Waals surface area contributed by atoms with Gasteiger partial charge in [0.15, 0.2) is 0 Å². The van der Waals surface area contributed by atoms with Gasteiger partial charge >= 0.3 is 0 Å². The van der Waals surface area contributed by atoms with Gasteiger partial charge in [-0.05, 0) is 11.3 Å². The SMILES string of the molecule is C=C(Cl)C1(C(=C)Cl)C(CC=O)C1(C)C. The predicted molar refractivity (Wildman–Crippen MR) is 60.4 cm³/mol. The van der Waals surface area contributed by atoms with E-state index >= 15 is 0 Å². The van der Waals surface area contributed by atoms with Gasteiger partial charge in [-0.15, -0.1) is 0 Å². The Balaban J connectivity index is 3.10. The van der Waals surface area contributed by atoms with Crippen molar-refractivity contribution >= 4 is 29.5 Å². The molecule has 0 saturated heterocycles. The van der Waals surface area contributed by atoms with Crippen molar-refractivity contribution in [3.8, 4) is 0 Å². The summed E-state index contributed by atoms with van der Waals surface area (Å²) >= 11 is 12.0. The topological polar surface area (TPSA) is 17.1 Å². The summed E-state index contributed by atoms with van der Waals surface area (Å²) in [6, 6.07) is 0. The number of carbonyl (C=O) groups is 1. The lowest BCUT2D eigenvalue weighted by molar-refractivity contribution is -0.108. The van der Waals surface area contributed by atoms with E-state index in [0.29, 0.717) is 16.5 Å². The van der Waals surface area contributed by atoms with Gasteiger partial charge in [0.1, 0.15) is 6.29 Å². The highest BCUT2D eigenvalue weighted by molar-refractivity contribution is 6.35. The molecule has 14 heavy (non-hydrogen) atoms. The summed E-state index contributed by atoms with van der Waals surface area (Å²) in [4.78, 5) is 10.5. The van der Waals surface area contributed by atoms with Crippen molar-refractivity contribution in [1.29, 1.82) is 0 Å². The first kappa shape index (κ1) is 11.8. The van der Waals surface area contributed by atoms with Gasteiger partial charge in [-0.1, -0.05) is 50.2 Å². The van der Waals surface area contributed by atoms with Crippen molar-refractivity contribution in [2.45, 2.75) is 20.3 Å². The van der Waals surface area contributed by atoms with Crippen molar-refractivity contribution in [2.24, 2.45) is 16.7 Å². The second kappa shape index (κ2) is 3.39. The lowest BCUT2D eigenvalue weighted by Gasteiger charge is -2.17. The van der Waals surface area contributed by atoms with Crippen LogP contribution in [0.4, 0.5) is 0 Å². The van der Waals surface area contributed by atoms with Gasteiger partial charge in [0.05, 0.1) is 0 Å². The molecule has 1 aliphatic carbocycles. The molecule has 0 aromatic heterocycles. The van der Waals surface area contributed by atoms with Crippen LogP contribution >= 0.6 is 23.2 Å². The van der Waals surface area contributed by atoms with Crippen LogP contribution in [0.3, 0.4) is 0 Å². The van der Waals surface area contributed by atoms with Crippen LogP contribution in [0.1, 0.15) is 20.3 Å². The van der Waals surface area contributed by atoms with Gasteiger partial charge in [-0.25, -0.2) is 0 Å². The molecule has 0 radical (unpaired) electrons. The number of hydrogen-bond acceptors (Lipinski definition) is 1. The lowest BCUT2D eigenvalue weighted by atomic mass is 9.95. The molecule has 1 nitrogen and oxygen atoms in total. The van der Waals surface area contributed by atoms with Gasteiger partial charge in [-0.2, -0.15) is 0 Å². The minimum absolute atomic E-state index is 0.119. The van der Waals surface area contributed by atoms with Crippen molar-refractivity contribution in [2.75, 3.05) is 0 Å². The minimum atomic E-state index is -0.475. The highest BCUT2D eigenvalue weighted by atomic mass is 35.5. The van der Waals surface area contributed by atoms with E-state index in [1.54, 1.807) is 0 Å². The summed E-state index contributed by atoms with van der Waals surface area (Å²) < 4.78 is 0. The second-order valence-electron chi connectivity index (χ2n) is 4.29. The number of carbonyl (C=O) groups excluding carboxylic acids is 1. The molecule has 1 unspecified atom stereocenters. The summed E-state index contributed by atoms with van der Waals surface area (Å²) in [5.41, 5.74) is -0.595. The maximum atomic E-state index is 10.5. The molecule has 1 fully saturated rings. The van der Waals surface area contributed by atoms with Crippen LogP contribution < -0.4 is 0 Å². The minimum Gasteiger partial charge on any atom is -0.303 e. The van der Waals surface area contributed by atoms with Crippen LogP contribution in [0.2, 0.25) is 0 Å². The number of hydrogen-bond donors (Lipinski definition) is 0. The van der Waals surface area contributed by atoms with Crippen LogP contribution in [0, 0.1) is 16.7 Å². The average Bonchev–Trinajstić information content (AvgIpc) is 2.50. The molecule has 1 aliphatic rings. The molecule has 0 aromatic carbocycles. The fourth-order valence-electron chi connectivity index (χ4n) is 2.66. The number of allylic oxidation sites excluding steroid dienone is 2. The molecular formula is C11H14Cl2O. The van der Waals surface area contributed by atoms with Crippen LogP contribution in [0.25, 0.3) is 0 Å². The number of rotatable bonds is 4. The zero-order chi connectivity index (χ0) is 11.1. The predicted octanol–water partition coefficient (Wildman–Crippen LogP) is 3.72. The largest absolute Gasteiger partial charge is 0.303 e. The molecule has 1 saturated carbocycles. The maximum absolute atomic E-state index is 10.5. The van der Waals surface area contributed by atoms with E-state index in [1.807, 2.05) is 13.8 Å². The van der Waals surface area contributed by atoms with Crippen LogP contribution in [0.5, 0.6) is 0 Å². The van der Waals surface area contributed by atoms with Gasteiger partial charge in [0.2, 0.25) is 0 Å². The molecule has 0 N–H and O–H groups in total. The number of aldehydes is 1. The molecule has 3 heteroatoms. The fraction of sp³-hybridized carbons (Fsp3) is 0.545. The molecule has 0 spiro atoms. The monoisotopic (exact) mass is 232 g/mol. The Kier molecular flexibility index (Phi) is 2.86. The van der Waals surface area contributed by atoms with E-state index < -0.39 is 5.41 Å². The van der Waals surface area contributed by atoms with E-state index in [-0.39, 0.29) is 11.3 Å². The summed E-state index contributed by atoms with van der Waals surface area (Å²) in [5.74, 6) is 0.127. The number of halogens is 2. The van der Waals surface area contributed by atoms with Crippen molar-refractivity contribution in [3.63, 3.8) is 0 Å². The van der Waals surface area contributed by atoms with E-state index in [9.17, 15) is 4.79 Å². The van der Waals surface area contributed by atoms with Crippen molar-refractivity contribution in [3.05, 3.63) is 23.2 Å². The summed E-state index contributed by atoms with van der Waals surface area (Å²) in [5, 5.41) is 0.962. The molecule has 0 bridgehead atoms. The highest BCUT2D eigenvalue weighted by Crippen LogP contribution is 2.77. The quantitative estimate of drug-likeness (QED) is 0.676. The molecule has 0 aromatic rings. The average molecular weight is 233 g/mol. The highest BCUT2D eigenvalue weighted by Gasteiger charge is 2.72. The third-order valence-corrected chi connectivity index (χ3v) is 4.11. The van der Waals surface area contributed by atoms with E-state index in [2.05, 4.69) is 13.2 Å². The standard InChI is InChI=1S/C11H14Cl2O/c1-7(12)11(8(2)13)9(5-6-14)10(11,3)4/h6,9H,1-2,5H2,3-4H3. The van der Waals surface area contributed by atoms with E-state index in [4.69, 9.17) is 23.2 Å². The van der Waals surface area contributed by atoms with Crippen LogP contribution in [0.15, 0.2) is 23.2 Å². The van der Waals surface area contributed by atoms with Crippen molar-refractivity contribution in [1.82, 2.24) is 0 Å². The molecule has 0 heterocycles. The first-order valence-corrected chi connectivity index (χ1v) is 5.22. The molecule has 78 valence electrons. The smallest absolute Gasteiger partial charge is 0.120 e. The Hall–Kier alpha value is -0.270. The third kappa shape index (κ3) is 1.19. The van der Waals surface area contributed by atoms with Gasteiger partial charge < -0.3 is 4.79 Å².